The van der Waals surface area contributed by atoms with Crippen LogP contribution in [0.1, 0.15) is 20.8 Å². The molecule has 0 saturated carbocycles. The summed E-state index contributed by atoms with van der Waals surface area (Å²) in [5.74, 6) is 2.53. The van der Waals surface area contributed by atoms with E-state index >= 15 is 0 Å². The summed E-state index contributed by atoms with van der Waals surface area (Å²) in [6.45, 7) is 7.06. The van der Waals surface area contributed by atoms with Gasteiger partial charge in [-0.05, 0) is 20.8 Å². The van der Waals surface area contributed by atoms with Gasteiger partial charge in [0.25, 0.3) is 0 Å². The van der Waals surface area contributed by atoms with Gasteiger partial charge >= 0.3 is 0 Å². The van der Waals surface area contributed by atoms with Crippen molar-refractivity contribution in [1.29, 1.82) is 0 Å². The lowest BCUT2D eigenvalue weighted by molar-refractivity contribution is 0.398. The van der Waals surface area contributed by atoms with Crippen LogP contribution in [0.15, 0.2) is 0 Å². The summed E-state index contributed by atoms with van der Waals surface area (Å²) in [6.07, 6.45) is 8.61. The molecule has 0 rings (SSSR count). The summed E-state index contributed by atoms with van der Waals surface area (Å²) in [7, 11) is -1.10. The predicted molar refractivity (Wildman–Crippen MR) is 53.3 cm³/mol. The second-order valence-corrected chi connectivity index (χ2v) is 6.76. The maximum absolute atomic E-state index is 5.70. The SMILES string of the molecule is C#CCO[P+](CC)(CC)CC. The summed E-state index contributed by atoms with van der Waals surface area (Å²) in [5, 5.41) is 0. The maximum Gasteiger partial charge on any atom is 0.150 e. The molecule has 0 atom stereocenters. The van der Waals surface area contributed by atoms with Crippen molar-refractivity contribution in [3.63, 3.8) is 0 Å². The molecule has 0 heterocycles. The van der Waals surface area contributed by atoms with Crippen LogP contribution in [0.4, 0.5) is 0 Å². The van der Waals surface area contributed by atoms with Crippen LogP contribution in [0, 0.1) is 12.3 Å². The first kappa shape index (κ1) is 11.0. The average Bonchev–Trinajstić information content (AvgIpc) is 2.08. The van der Waals surface area contributed by atoms with Gasteiger partial charge in [-0.25, -0.2) is 4.52 Å². The van der Waals surface area contributed by atoms with Crippen LogP contribution < -0.4 is 0 Å². The molecule has 0 bridgehead atoms. The monoisotopic (exact) mass is 173 g/mol. The minimum absolute atomic E-state index is 0.489. The van der Waals surface area contributed by atoms with E-state index in [9.17, 15) is 0 Å². The largest absolute Gasteiger partial charge is 0.226 e. The van der Waals surface area contributed by atoms with Crippen molar-refractivity contribution in [1.82, 2.24) is 0 Å². The summed E-state index contributed by atoms with van der Waals surface area (Å²) >= 11 is 0. The Morgan fingerprint density at radius 2 is 1.64 bits per heavy atom. The lowest BCUT2D eigenvalue weighted by atomic mass is 10.8. The quantitative estimate of drug-likeness (QED) is 0.458. The number of rotatable bonds is 5. The highest BCUT2D eigenvalue weighted by Gasteiger charge is 2.32. The Bertz CT molecular complexity index is 125. The normalized spacial score (nSPS) is 11.1. The van der Waals surface area contributed by atoms with Crippen LogP contribution >= 0.6 is 7.49 Å². The van der Waals surface area contributed by atoms with Crippen molar-refractivity contribution < 1.29 is 4.52 Å². The van der Waals surface area contributed by atoms with Gasteiger partial charge in [0.15, 0.2) is 6.61 Å². The zero-order chi connectivity index (χ0) is 8.74. The molecule has 0 fully saturated rings. The summed E-state index contributed by atoms with van der Waals surface area (Å²) < 4.78 is 5.70. The molecule has 0 radical (unpaired) electrons. The topological polar surface area (TPSA) is 9.23 Å². The van der Waals surface area contributed by atoms with Gasteiger partial charge in [-0.1, -0.05) is 5.92 Å². The second-order valence-electron chi connectivity index (χ2n) is 2.48. The summed E-state index contributed by atoms with van der Waals surface area (Å²) in [4.78, 5) is 0. The first-order chi connectivity index (χ1) is 5.24. The molecule has 0 aliphatic heterocycles. The van der Waals surface area contributed by atoms with Crippen molar-refractivity contribution >= 4 is 7.49 Å². The zero-order valence-electron chi connectivity index (χ0n) is 7.76. The van der Waals surface area contributed by atoms with Crippen LogP contribution in [0.2, 0.25) is 0 Å². The fourth-order valence-electron chi connectivity index (χ4n) is 1.12. The molecular weight excluding hydrogens is 155 g/mol. The molecule has 0 aromatic heterocycles. The molecule has 0 aromatic carbocycles. The first-order valence-electron chi connectivity index (χ1n) is 4.18. The molecule has 0 aliphatic carbocycles. The average molecular weight is 173 g/mol. The second kappa shape index (κ2) is 5.58. The van der Waals surface area contributed by atoms with E-state index in [2.05, 4.69) is 26.7 Å². The van der Waals surface area contributed by atoms with Gasteiger partial charge in [0.1, 0.15) is 7.49 Å². The number of terminal acetylenes is 1. The molecule has 0 saturated heterocycles. The van der Waals surface area contributed by atoms with Crippen molar-refractivity contribution in [2.75, 3.05) is 25.1 Å². The van der Waals surface area contributed by atoms with Crippen molar-refractivity contribution in [3.8, 4) is 12.3 Å². The molecule has 2 heteroatoms. The fourth-order valence-corrected chi connectivity index (χ4v) is 3.36. The van der Waals surface area contributed by atoms with Gasteiger partial charge < -0.3 is 0 Å². The Hall–Kier alpha value is -0.0500. The zero-order valence-corrected chi connectivity index (χ0v) is 8.66. The van der Waals surface area contributed by atoms with Gasteiger partial charge in [-0.15, -0.1) is 6.42 Å². The van der Waals surface area contributed by atoms with Crippen LogP contribution in [0.5, 0.6) is 0 Å². The molecule has 1 nitrogen and oxygen atoms in total. The maximum atomic E-state index is 5.70. The van der Waals surface area contributed by atoms with Gasteiger partial charge in [0, 0.05) is 0 Å². The van der Waals surface area contributed by atoms with Gasteiger partial charge in [-0.2, -0.15) is 0 Å². The molecule has 0 aromatic rings. The molecular formula is C9H18OP+. The van der Waals surface area contributed by atoms with Crippen molar-refractivity contribution in [2.45, 2.75) is 20.8 Å². The van der Waals surface area contributed by atoms with E-state index in [0.717, 1.165) is 18.5 Å². The Kier molecular flexibility index (Phi) is 5.56. The number of hydrogen-bond acceptors (Lipinski definition) is 1. The fraction of sp³-hybridized carbons (Fsp3) is 0.778. The minimum Gasteiger partial charge on any atom is -0.226 e. The van der Waals surface area contributed by atoms with Crippen LogP contribution in [0.25, 0.3) is 0 Å². The lowest BCUT2D eigenvalue weighted by Crippen LogP contribution is -2.06. The van der Waals surface area contributed by atoms with E-state index < -0.39 is 7.49 Å². The smallest absolute Gasteiger partial charge is 0.150 e. The molecule has 0 aliphatic rings. The molecule has 64 valence electrons. The third kappa shape index (κ3) is 3.23. The van der Waals surface area contributed by atoms with E-state index in [1.807, 2.05) is 0 Å². The Morgan fingerprint density at radius 3 is 1.91 bits per heavy atom. The van der Waals surface area contributed by atoms with E-state index in [1.54, 1.807) is 0 Å². The van der Waals surface area contributed by atoms with Gasteiger partial charge in [0.2, 0.25) is 0 Å². The van der Waals surface area contributed by atoms with Gasteiger partial charge in [-0.3, -0.25) is 0 Å². The van der Waals surface area contributed by atoms with E-state index in [0.29, 0.717) is 6.61 Å². The number of hydrogen-bond donors (Lipinski definition) is 0. The minimum atomic E-state index is -1.10. The molecule has 0 unspecified atom stereocenters. The third-order valence-electron chi connectivity index (χ3n) is 2.15. The highest BCUT2D eigenvalue weighted by Crippen LogP contribution is 2.58. The standard InChI is InChI=1S/C9H18OP/c1-5-9-10-11(6-2,7-3)8-4/h1H,6-9H2,2-4H3/q+1. The van der Waals surface area contributed by atoms with Crippen molar-refractivity contribution in [2.24, 2.45) is 0 Å². The van der Waals surface area contributed by atoms with E-state index in [1.165, 1.54) is 0 Å². The Labute approximate surface area is 70.9 Å². The molecule has 0 N–H and O–H groups in total. The Morgan fingerprint density at radius 1 is 1.18 bits per heavy atom. The highest BCUT2D eigenvalue weighted by atomic mass is 31.2. The van der Waals surface area contributed by atoms with Crippen LogP contribution in [-0.4, -0.2) is 25.1 Å². The molecule has 11 heavy (non-hydrogen) atoms. The highest BCUT2D eigenvalue weighted by molar-refractivity contribution is 7.71. The summed E-state index contributed by atoms with van der Waals surface area (Å²) in [6, 6.07) is 0. The van der Waals surface area contributed by atoms with Crippen molar-refractivity contribution in [3.05, 3.63) is 0 Å². The summed E-state index contributed by atoms with van der Waals surface area (Å²) in [5.41, 5.74) is 0. The molecule has 0 spiro atoms. The lowest BCUT2D eigenvalue weighted by Gasteiger charge is -2.20. The third-order valence-corrected chi connectivity index (χ3v) is 6.29. The predicted octanol–water partition coefficient (Wildman–Crippen LogP) is 2.63. The Balaban J connectivity index is 3.96. The first-order valence-corrected chi connectivity index (χ1v) is 6.45. The van der Waals surface area contributed by atoms with E-state index in [4.69, 9.17) is 10.9 Å². The van der Waals surface area contributed by atoms with Gasteiger partial charge in [0.05, 0.1) is 18.5 Å². The van der Waals surface area contributed by atoms with Crippen LogP contribution in [0.3, 0.4) is 0 Å². The van der Waals surface area contributed by atoms with Crippen LogP contribution in [-0.2, 0) is 4.52 Å². The molecule has 0 amide bonds. The van der Waals surface area contributed by atoms with E-state index in [-0.39, 0.29) is 0 Å².